The van der Waals surface area contributed by atoms with Crippen molar-refractivity contribution in [2.75, 3.05) is 4.90 Å². The van der Waals surface area contributed by atoms with Gasteiger partial charge in [0.1, 0.15) is 17.1 Å². The second-order valence-electron chi connectivity index (χ2n) is 5.03. The maximum atomic E-state index is 12.8. The van der Waals surface area contributed by atoms with Crippen LogP contribution in [0.2, 0.25) is 10.0 Å². The zero-order valence-corrected chi connectivity index (χ0v) is 14.6. The summed E-state index contributed by atoms with van der Waals surface area (Å²) in [5.74, 6) is -0.123. The molecule has 0 unspecified atom stereocenters. The first kappa shape index (κ1) is 16.7. The van der Waals surface area contributed by atoms with Gasteiger partial charge in [0.15, 0.2) is 5.11 Å². The molecule has 0 atom stereocenters. The summed E-state index contributed by atoms with van der Waals surface area (Å²) < 4.78 is 5.39. The molecule has 0 saturated carbocycles. The number of hydrogen-bond donors (Lipinski definition) is 1. The van der Waals surface area contributed by atoms with Gasteiger partial charge in [-0.15, -0.1) is 0 Å². The van der Waals surface area contributed by atoms with E-state index in [4.69, 9.17) is 39.8 Å². The van der Waals surface area contributed by atoms with E-state index in [1.807, 2.05) is 0 Å². The van der Waals surface area contributed by atoms with Crippen molar-refractivity contribution in [1.29, 1.82) is 0 Å². The second-order valence-corrected chi connectivity index (χ2v) is 6.29. The van der Waals surface area contributed by atoms with Crippen LogP contribution in [0.4, 0.5) is 5.69 Å². The predicted octanol–water partition coefficient (Wildman–Crippen LogP) is 3.73. The van der Waals surface area contributed by atoms with Gasteiger partial charge in [0.05, 0.1) is 5.69 Å². The van der Waals surface area contributed by atoms with Gasteiger partial charge in [-0.25, -0.2) is 0 Å². The van der Waals surface area contributed by atoms with E-state index in [0.29, 0.717) is 27.3 Å². The molecule has 1 N–H and O–H groups in total. The zero-order chi connectivity index (χ0) is 17.4. The fraction of sp³-hybridized carbons (Fsp3) is 0.0625. The maximum Gasteiger partial charge on any atom is 0.270 e. The van der Waals surface area contributed by atoms with Gasteiger partial charge in [-0.05, 0) is 55.5 Å². The summed E-state index contributed by atoms with van der Waals surface area (Å²) >= 11 is 17.1. The highest BCUT2D eigenvalue weighted by Crippen LogP contribution is 2.28. The van der Waals surface area contributed by atoms with Crippen molar-refractivity contribution in [3.05, 3.63) is 57.5 Å². The summed E-state index contributed by atoms with van der Waals surface area (Å²) in [5, 5.41) is 3.12. The summed E-state index contributed by atoms with van der Waals surface area (Å²) in [5.41, 5.74) is 0.262. The number of thiocarbonyl (C=S) groups is 1. The van der Waals surface area contributed by atoms with Crippen molar-refractivity contribution in [3.8, 4) is 0 Å². The number of nitrogens with zero attached hydrogens (tertiary/aromatic N) is 1. The molecule has 5 nitrogen and oxygen atoms in total. The van der Waals surface area contributed by atoms with E-state index in [2.05, 4.69) is 5.32 Å². The molecule has 122 valence electrons. The Labute approximate surface area is 152 Å². The van der Waals surface area contributed by atoms with Crippen LogP contribution in [0.25, 0.3) is 6.08 Å². The quantitative estimate of drug-likeness (QED) is 0.489. The third-order valence-corrected chi connectivity index (χ3v) is 3.98. The summed E-state index contributed by atoms with van der Waals surface area (Å²) in [7, 11) is 0. The molecule has 2 aromatic rings. The summed E-state index contributed by atoms with van der Waals surface area (Å²) in [6, 6.07) is 7.99. The number of benzene rings is 1. The number of nitrogens with one attached hydrogen (secondary N) is 1. The molecule has 8 heteroatoms. The lowest BCUT2D eigenvalue weighted by Gasteiger charge is -2.29. The topological polar surface area (TPSA) is 62.6 Å². The van der Waals surface area contributed by atoms with Crippen molar-refractivity contribution in [1.82, 2.24) is 5.32 Å². The molecule has 0 aliphatic carbocycles. The third-order valence-electron chi connectivity index (χ3n) is 3.25. The minimum Gasteiger partial charge on any atom is -0.462 e. The predicted molar refractivity (Wildman–Crippen MR) is 96.1 cm³/mol. The average molecular weight is 381 g/mol. The Morgan fingerprint density at radius 2 is 1.83 bits per heavy atom. The van der Waals surface area contributed by atoms with Crippen LogP contribution in [-0.2, 0) is 9.59 Å². The largest absolute Gasteiger partial charge is 0.462 e. The first-order chi connectivity index (χ1) is 11.3. The minimum absolute atomic E-state index is 0.0453. The van der Waals surface area contributed by atoms with Crippen LogP contribution in [0.1, 0.15) is 11.5 Å². The molecule has 1 fully saturated rings. The molecule has 1 aliphatic rings. The summed E-state index contributed by atoms with van der Waals surface area (Å²) in [6.07, 6.45) is 1.37. The molecule has 2 amide bonds. The number of furan rings is 1. The third kappa shape index (κ3) is 3.21. The number of carbonyl (C=O) groups excluding carboxylic acids is 2. The monoisotopic (exact) mass is 380 g/mol. The lowest BCUT2D eigenvalue weighted by atomic mass is 10.1. The molecule has 0 spiro atoms. The number of anilines is 1. The van der Waals surface area contributed by atoms with Crippen LogP contribution >= 0.6 is 35.4 Å². The highest BCUT2D eigenvalue weighted by molar-refractivity contribution is 7.80. The summed E-state index contributed by atoms with van der Waals surface area (Å²) in [4.78, 5) is 26.1. The number of carbonyl (C=O) groups is 2. The van der Waals surface area contributed by atoms with E-state index >= 15 is 0 Å². The van der Waals surface area contributed by atoms with Crippen molar-refractivity contribution >= 4 is 64.1 Å². The van der Waals surface area contributed by atoms with Crippen molar-refractivity contribution < 1.29 is 14.0 Å². The van der Waals surface area contributed by atoms with E-state index in [9.17, 15) is 9.59 Å². The van der Waals surface area contributed by atoms with Crippen molar-refractivity contribution in [2.45, 2.75) is 6.92 Å². The summed E-state index contributed by atoms with van der Waals surface area (Å²) in [6.45, 7) is 1.76. The highest BCUT2D eigenvalue weighted by Gasteiger charge is 2.35. The standard InChI is InChI=1S/C16H10Cl2N2O3S/c1-8-2-3-12(23-8)7-13-14(21)19-16(24)20(15(13)22)11-5-9(17)4-10(18)6-11/h2-7H,1H3,(H,19,21,24). The van der Waals surface area contributed by atoms with Crippen LogP contribution in [0, 0.1) is 6.92 Å². The van der Waals surface area contributed by atoms with E-state index in [0.717, 1.165) is 4.90 Å². The molecule has 0 radical (unpaired) electrons. The minimum atomic E-state index is -0.594. The fourth-order valence-corrected chi connectivity index (χ4v) is 3.03. The Balaban J connectivity index is 2.04. The molecule has 0 bridgehead atoms. The first-order valence-electron chi connectivity index (χ1n) is 6.79. The van der Waals surface area contributed by atoms with E-state index in [1.165, 1.54) is 24.3 Å². The van der Waals surface area contributed by atoms with Gasteiger partial charge in [0, 0.05) is 10.0 Å². The van der Waals surface area contributed by atoms with Crippen molar-refractivity contribution in [3.63, 3.8) is 0 Å². The van der Waals surface area contributed by atoms with Gasteiger partial charge < -0.3 is 4.42 Å². The SMILES string of the molecule is Cc1ccc(C=C2C(=O)NC(=S)N(c3cc(Cl)cc(Cl)c3)C2=O)o1. The van der Waals surface area contributed by atoms with Gasteiger partial charge in [-0.1, -0.05) is 23.2 Å². The number of hydrogen-bond acceptors (Lipinski definition) is 4. The Kier molecular flexibility index (Phi) is 4.45. The van der Waals surface area contributed by atoms with E-state index in [-0.39, 0.29) is 10.7 Å². The molecule has 24 heavy (non-hydrogen) atoms. The zero-order valence-electron chi connectivity index (χ0n) is 12.3. The lowest BCUT2D eigenvalue weighted by molar-refractivity contribution is -0.122. The van der Waals surface area contributed by atoms with Crippen LogP contribution in [0.3, 0.4) is 0 Å². The van der Waals surface area contributed by atoms with Crippen LogP contribution in [0.15, 0.2) is 40.3 Å². The Hall–Kier alpha value is -2.15. The molecule has 3 rings (SSSR count). The van der Waals surface area contributed by atoms with E-state index < -0.39 is 11.8 Å². The fourth-order valence-electron chi connectivity index (χ4n) is 2.23. The molecular weight excluding hydrogens is 371 g/mol. The molecule has 1 saturated heterocycles. The molecule has 2 heterocycles. The number of aryl methyl sites for hydroxylation is 1. The first-order valence-corrected chi connectivity index (χ1v) is 7.95. The van der Waals surface area contributed by atoms with Crippen LogP contribution in [-0.4, -0.2) is 16.9 Å². The Morgan fingerprint density at radius 3 is 2.42 bits per heavy atom. The van der Waals surface area contributed by atoms with Gasteiger partial charge >= 0.3 is 0 Å². The Bertz CT molecular complexity index is 884. The molecule has 1 aromatic heterocycles. The van der Waals surface area contributed by atoms with Crippen molar-refractivity contribution in [2.24, 2.45) is 0 Å². The van der Waals surface area contributed by atoms with Crippen LogP contribution < -0.4 is 10.2 Å². The van der Waals surface area contributed by atoms with Gasteiger partial charge in [-0.2, -0.15) is 0 Å². The van der Waals surface area contributed by atoms with Crippen LogP contribution in [0.5, 0.6) is 0 Å². The van der Waals surface area contributed by atoms with Gasteiger partial charge in [-0.3, -0.25) is 19.8 Å². The second kappa shape index (κ2) is 6.39. The number of amides is 2. The normalized spacial score (nSPS) is 16.7. The number of rotatable bonds is 2. The molecule has 1 aromatic carbocycles. The average Bonchev–Trinajstić information content (AvgIpc) is 2.87. The lowest BCUT2D eigenvalue weighted by Crippen LogP contribution is -2.54. The molecule has 1 aliphatic heterocycles. The van der Waals surface area contributed by atoms with E-state index in [1.54, 1.807) is 19.1 Å². The highest BCUT2D eigenvalue weighted by atomic mass is 35.5. The number of halogens is 2. The Morgan fingerprint density at radius 1 is 1.17 bits per heavy atom. The smallest absolute Gasteiger partial charge is 0.270 e. The van der Waals surface area contributed by atoms with Gasteiger partial charge in [0.25, 0.3) is 11.8 Å². The van der Waals surface area contributed by atoms with Gasteiger partial charge in [0.2, 0.25) is 0 Å². The maximum absolute atomic E-state index is 12.8. The molecular formula is C16H10Cl2N2O3S.